The maximum atomic E-state index is 3.02. The van der Waals surface area contributed by atoms with E-state index in [1.807, 2.05) is 12.1 Å². The average Bonchev–Trinajstić information content (AvgIpc) is 2.21. The van der Waals surface area contributed by atoms with E-state index in [-0.39, 0.29) is 0 Å². The van der Waals surface area contributed by atoms with Crippen molar-refractivity contribution in [2.24, 2.45) is 0 Å². The van der Waals surface area contributed by atoms with Crippen molar-refractivity contribution in [2.75, 3.05) is 6.54 Å². The number of benzene rings is 1. The third-order valence-electron chi connectivity index (χ3n) is 2.08. The van der Waals surface area contributed by atoms with Crippen molar-refractivity contribution in [1.82, 2.24) is 5.32 Å². The summed E-state index contributed by atoms with van der Waals surface area (Å²) in [6, 6.07) is 10.5. The number of dihydropyridines is 1. The molecule has 2 rings (SSSR count). The van der Waals surface area contributed by atoms with Crippen LogP contribution in [0.25, 0.3) is 0 Å². The van der Waals surface area contributed by atoms with Crippen LogP contribution in [0.5, 0.6) is 0 Å². The summed E-state index contributed by atoms with van der Waals surface area (Å²) >= 11 is 0. The predicted molar refractivity (Wildman–Crippen MR) is 54.0 cm³/mol. The molecule has 0 saturated heterocycles. The molecule has 0 unspecified atom stereocenters. The van der Waals surface area contributed by atoms with Gasteiger partial charge in [-0.2, -0.15) is 0 Å². The third kappa shape index (κ3) is 2.22. The van der Waals surface area contributed by atoms with Crippen molar-refractivity contribution < 1.29 is 0 Å². The molecule has 1 aliphatic heterocycles. The van der Waals surface area contributed by atoms with Gasteiger partial charge in [0.25, 0.3) is 0 Å². The van der Waals surface area contributed by atoms with Crippen molar-refractivity contribution in [3.63, 3.8) is 0 Å². The monoisotopic (exact) mass is 170 g/mol. The first kappa shape index (κ1) is 8.11. The number of nitrogens with one attached hydrogen (secondary N) is 1. The Bertz CT molecular complexity index is 322. The van der Waals surface area contributed by atoms with Gasteiger partial charge in [0.2, 0.25) is 0 Å². The number of hydrogen-bond donors (Lipinski definition) is 1. The molecule has 1 aliphatic rings. The second-order valence-corrected chi connectivity index (χ2v) is 3.11. The van der Waals surface area contributed by atoms with Crippen LogP contribution in [0.3, 0.4) is 0 Å². The molecule has 0 atom stereocenters. The van der Waals surface area contributed by atoms with E-state index < -0.39 is 0 Å². The maximum absolute atomic E-state index is 3.02. The van der Waals surface area contributed by atoms with Crippen LogP contribution in [-0.4, -0.2) is 6.54 Å². The summed E-state index contributed by atoms with van der Waals surface area (Å²) < 4.78 is 0. The minimum atomic E-state index is 0.901. The van der Waals surface area contributed by atoms with Crippen LogP contribution in [0, 0.1) is 6.20 Å². The molecule has 0 aliphatic carbocycles. The van der Waals surface area contributed by atoms with Crippen LogP contribution < -0.4 is 5.32 Å². The topological polar surface area (TPSA) is 12.0 Å². The molecule has 0 spiro atoms. The zero-order valence-corrected chi connectivity index (χ0v) is 7.46. The Balaban J connectivity index is 2.06. The Morgan fingerprint density at radius 2 is 2.08 bits per heavy atom. The van der Waals surface area contributed by atoms with Crippen molar-refractivity contribution in [3.8, 4) is 0 Å². The highest BCUT2D eigenvalue weighted by Crippen LogP contribution is 2.09. The lowest BCUT2D eigenvalue weighted by atomic mass is 10.0. The first-order valence-electron chi connectivity index (χ1n) is 4.50. The van der Waals surface area contributed by atoms with E-state index in [4.69, 9.17) is 0 Å². The highest BCUT2D eigenvalue weighted by molar-refractivity contribution is 5.28. The minimum absolute atomic E-state index is 0.901. The van der Waals surface area contributed by atoms with Gasteiger partial charge in [-0.05, 0) is 23.6 Å². The average molecular weight is 170 g/mol. The molecule has 0 amide bonds. The van der Waals surface area contributed by atoms with Crippen molar-refractivity contribution in [3.05, 3.63) is 59.8 Å². The summed E-state index contributed by atoms with van der Waals surface area (Å²) in [6.45, 7) is 0.901. The quantitative estimate of drug-likeness (QED) is 0.716. The first-order valence-corrected chi connectivity index (χ1v) is 4.50. The van der Waals surface area contributed by atoms with E-state index in [1.54, 1.807) is 0 Å². The van der Waals surface area contributed by atoms with Crippen LogP contribution in [0.2, 0.25) is 0 Å². The number of rotatable bonds is 2. The molecular weight excluding hydrogens is 158 g/mol. The van der Waals surface area contributed by atoms with Gasteiger partial charge in [-0.3, -0.25) is 0 Å². The van der Waals surface area contributed by atoms with Crippen molar-refractivity contribution in [2.45, 2.75) is 6.42 Å². The second kappa shape index (κ2) is 3.94. The molecule has 1 heteroatoms. The number of hydrogen-bond acceptors (Lipinski definition) is 1. The molecule has 1 aromatic rings. The fourth-order valence-electron chi connectivity index (χ4n) is 1.40. The van der Waals surface area contributed by atoms with Gasteiger partial charge in [-0.1, -0.05) is 36.4 Å². The summed E-state index contributed by atoms with van der Waals surface area (Å²) in [7, 11) is 0. The molecule has 65 valence electrons. The molecule has 1 radical (unpaired) electrons. The Morgan fingerprint density at radius 3 is 2.77 bits per heavy atom. The van der Waals surface area contributed by atoms with E-state index in [9.17, 15) is 0 Å². The van der Waals surface area contributed by atoms with Crippen molar-refractivity contribution >= 4 is 0 Å². The standard InChI is InChI=1S/C12H12N/c1-2-4-11(5-3-1)10-12-6-8-13-9-7-12/h1-7,13H,8,10H2. The van der Waals surface area contributed by atoms with Gasteiger partial charge in [0.05, 0.1) is 6.20 Å². The van der Waals surface area contributed by atoms with Gasteiger partial charge in [0, 0.05) is 6.54 Å². The molecule has 1 nitrogen and oxygen atoms in total. The fraction of sp³-hybridized carbons (Fsp3) is 0.167. The van der Waals surface area contributed by atoms with Gasteiger partial charge < -0.3 is 5.32 Å². The van der Waals surface area contributed by atoms with E-state index in [0.717, 1.165) is 13.0 Å². The summed E-state index contributed by atoms with van der Waals surface area (Å²) in [5, 5.41) is 3.02. The summed E-state index contributed by atoms with van der Waals surface area (Å²) in [6.07, 6.45) is 8.23. The highest BCUT2D eigenvalue weighted by Gasteiger charge is 1.98. The first-order chi connectivity index (χ1) is 6.45. The van der Waals surface area contributed by atoms with Crippen LogP contribution in [0.1, 0.15) is 5.56 Å². The van der Waals surface area contributed by atoms with Crippen molar-refractivity contribution in [1.29, 1.82) is 0 Å². The maximum Gasteiger partial charge on any atom is 0.0581 e. The van der Waals surface area contributed by atoms with Gasteiger partial charge >= 0.3 is 0 Å². The fourth-order valence-corrected chi connectivity index (χ4v) is 1.40. The molecule has 1 aromatic carbocycles. The van der Waals surface area contributed by atoms with Gasteiger partial charge in [0.15, 0.2) is 0 Å². The normalized spacial score (nSPS) is 14.9. The SMILES string of the molecule is [C]1=CC(Cc2ccccc2)=CCN1. The van der Waals surface area contributed by atoms with E-state index in [1.165, 1.54) is 11.1 Å². The van der Waals surface area contributed by atoms with Crippen LogP contribution in [0.4, 0.5) is 0 Å². The molecule has 0 bridgehead atoms. The lowest BCUT2D eigenvalue weighted by Crippen LogP contribution is -2.10. The Morgan fingerprint density at radius 1 is 1.23 bits per heavy atom. The Hall–Kier alpha value is -1.50. The molecule has 0 saturated carbocycles. The molecule has 0 fully saturated rings. The lowest BCUT2D eigenvalue weighted by Gasteiger charge is -2.07. The number of allylic oxidation sites excluding steroid dienone is 2. The summed E-state index contributed by atoms with van der Waals surface area (Å²) in [4.78, 5) is 0. The summed E-state index contributed by atoms with van der Waals surface area (Å²) in [5.41, 5.74) is 2.69. The van der Waals surface area contributed by atoms with Crippen LogP contribution >= 0.6 is 0 Å². The zero-order valence-electron chi connectivity index (χ0n) is 7.46. The predicted octanol–water partition coefficient (Wildman–Crippen LogP) is 2.08. The lowest BCUT2D eigenvalue weighted by molar-refractivity contribution is 0.917. The minimum Gasteiger partial charge on any atom is -0.380 e. The van der Waals surface area contributed by atoms with E-state index in [2.05, 4.69) is 41.9 Å². The Kier molecular flexibility index (Phi) is 2.46. The third-order valence-corrected chi connectivity index (χ3v) is 2.08. The highest BCUT2D eigenvalue weighted by atomic mass is 14.8. The van der Waals surface area contributed by atoms with Crippen LogP contribution in [0.15, 0.2) is 48.1 Å². The largest absolute Gasteiger partial charge is 0.380 e. The molecule has 13 heavy (non-hydrogen) atoms. The molecule has 1 heterocycles. The van der Waals surface area contributed by atoms with Gasteiger partial charge in [-0.15, -0.1) is 0 Å². The molecule has 0 aromatic heterocycles. The molecular formula is C12H12N. The summed E-state index contributed by atoms with van der Waals surface area (Å²) in [5.74, 6) is 0. The smallest absolute Gasteiger partial charge is 0.0581 e. The molecule has 1 N–H and O–H groups in total. The van der Waals surface area contributed by atoms with E-state index >= 15 is 0 Å². The zero-order chi connectivity index (χ0) is 8.93. The van der Waals surface area contributed by atoms with Gasteiger partial charge in [-0.25, -0.2) is 0 Å². The van der Waals surface area contributed by atoms with Gasteiger partial charge in [0.1, 0.15) is 0 Å². The van der Waals surface area contributed by atoms with E-state index in [0.29, 0.717) is 0 Å². The van der Waals surface area contributed by atoms with Crippen LogP contribution in [-0.2, 0) is 6.42 Å². The second-order valence-electron chi connectivity index (χ2n) is 3.11. The Labute approximate surface area is 78.8 Å².